The van der Waals surface area contributed by atoms with E-state index >= 15 is 0 Å². The summed E-state index contributed by atoms with van der Waals surface area (Å²) in [5.74, 6) is 0. The Labute approximate surface area is 370 Å². The van der Waals surface area contributed by atoms with Crippen LogP contribution in [0.4, 0.5) is 21.0 Å². The fourth-order valence-electron chi connectivity index (χ4n) is 8.41. The Morgan fingerprint density at radius 3 is 1.13 bits per heavy atom. The Morgan fingerprint density at radius 2 is 0.800 bits per heavy atom. The number of carbonyl (C=O) groups excluding carboxylic acids is 2. The average molecular weight is 925 g/mol. The van der Waals surface area contributed by atoms with Crippen LogP contribution in [-0.4, -0.2) is 12.2 Å². The molecule has 6 nitrogen and oxygen atoms in total. The Balaban J connectivity index is 0.000000181. The van der Waals surface area contributed by atoms with Gasteiger partial charge in [0.05, 0.1) is 0 Å². The van der Waals surface area contributed by atoms with Gasteiger partial charge in [0.15, 0.2) is 0 Å². The van der Waals surface area contributed by atoms with Gasteiger partial charge in [0, 0.05) is 31.2 Å². The molecule has 0 aromatic heterocycles. The van der Waals surface area contributed by atoms with Gasteiger partial charge in [0.1, 0.15) is 12.2 Å². The van der Waals surface area contributed by atoms with Crippen molar-refractivity contribution in [3.8, 4) is 0 Å². The van der Waals surface area contributed by atoms with Crippen LogP contribution in [0.3, 0.4) is 0 Å². The van der Waals surface area contributed by atoms with E-state index in [1.165, 1.54) is 22.3 Å². The zero-order valence-corrected chi connectivity index (χ0v) is 36.9. The summed E-state index contributed by atoms with van der Waals surface area (Å²) in [6.45, 7) is 4.40. The van der Waals surface area contributed by atoms with Crippen molar-refractivity contribution in [2.24, 2.45) is 10.8 Å². The van der Waals surface area contributed by atoms with E-state index in [1.807, 2.05) is 146 Å². The van der Waals surface area contributed by atoms with Crippen molar-refractivity contribution >= 4 is 66.6 Å². The minimum atomic E-state index is -0.452. The summed E-state index contributed by atoms with van der Waals surface area (Å²) in [6.07, 6.45) is 6.61. The molecule has 2 amide bonds. The molecule has 304 valence electrons. The number of anilines is 2. The van der Waals surface area contributed by atoms with Crippen LogP contribution in [-0.2, 0) is 9.47 Å². The summed E-state index contributed by atoms with van der Waals surface area (Å²) < 4.78 is 14.1. The zero-order valence-electron chi connectivity index (χ0n) is 33.7. The molecule has 0 heterocycles. The number of allylic oxidation sites excluding steroid dienone is 2. The molecular formula is C52H48Br2N2O4. The number of benzene rings is 6. The second-order valence-electron chi connectivity index (χ2n) is 15.5. The largest absolute Gasteiger partial charge is 0.440 e. The van der Waals surface area contributed by atoms with E-state index in [4.69, 9.17) is 9.47 Å². The quantitative estimate of drug-likeness (QED) is 0.143. The molecule has 6 aromatic rings. The highest BCUT2D eigenvalue weighted by molar-refractivity contribution is 9.10. The molecule has 0 saturated heterocycles. The van der Waals surface area contributed by atoms with Crippen LogP contribution in [0.25, 0.3) is 11.1 Å². The first kappa shape index (κ1) is 42.4. The highest BCUT2D eigenvalue weighted by atomic mass is 79.9. The molecule has 0 saturated carbocycles. The van der Waals surface area contributed by atoms with E-state index in [9.17, 15) is 9.59 Å². The molecule has 8 heteroatoms. The van der Waals surface area contributed by atoms with Gasteiger partial charge in [0.2, 0.25) is 0 Å². The summed E-state index contributed by atoms with van der Waals surface area (Å²) in [5.41, 5.74) is 7.56. The number of rotatable bonds is 10. The van der Waals surface area contributed by atoms with Crippen LogP contribution in [0, 0.1) is 10.8 Å². The number of halogens is 2. The molecule has 0 unspecified atom stereocenters. The van der Waals surface area contributed by atoms with Gasteiger partial charge in [-0.05, 0) is 108 Å². The van der Waals surface area contributed by atoms with Crippen LogP contribution in [0.5, 0.6) is 0 Å². The highest BCUT2D eigenvalue weighted by Gasteiger charge is 2.45. The molecule has 2 aliphatic carbocycles. The second kappa shape index (κ2) is 19.6. The maximum Gasteiger partial charge on any atom is 0.412 e. The number of hydrogen-bond donors (Lipinski definition) is 2. The van der Waals surface area contributed by atoms with Gasteiger partial charge < -0.3 is 9.47 Å². The topological polar surface area (TPSA) is 76.7 Å². The molecule has 0 spiro atoms. The fourth-order valence-corrected chi connectivity index (χ4v) is 8.93. The lowest BCUT2D eigenvalue weighted by Gasteiger charge is -2.37. The SMILES string of the molecule is C[C@@]1([C@H](OC(=O)Nc2ccc(Br)cc2)c2ccccc2)CCC=C1c1ccccc1.C[C@@]1([C@H](OC(=O)Nc2ccc(Br)cc2)c2ccccc2)CCC=C1c1ccccc1. The molecule has 0 fully saturated rings. The van der Waals surface area contributed by atoms with Crippen LogP contribution in [0.1, 0.15) is 74.0 Å². The summed E-state index contributed by atoms with van der Waals surface area (Å²) in [5, 5.41) is 5.73. The number of ether oxygens (including phenoxy) is 2. The van der Waals surface area contributed by atoms with Crippen molar-refractivity contribution in [1.29, 1.82) is 0 Å². The van der Waals surface area contributed by atoms with Crippen molar-refractivity contribution in [3.05, 3.63) is 213 Å². The zero-order chi connectivity index (χ0) is 42.0. The summed E-state index contributed by atoms with van der Waals surface area (Å²) in [6, 6.07) is 55.7. The predicted octanol–water partition coefficient (Wildman–Crippen LogP) is 15.2. The normalized spacial score (nSPS) is 19.1. The van der Waals surface area contributed by atoms with Crippen LogP contribution >= 0.6 is 31.9 Å². The van der Waals surface area contributed by atoms with Crippen molar-refractivity contribution in [2.45, 2.75) is 51.7 Å². The smallest absolute Gasteiger partial charge is 0.412 e. The third-order valence-corrected chi connectivity index (χ3v) is 12.5. The standard InChI is InChI=1S/2C26H24BrNO2/c2*1-26(18-8-13-23(26)19-9-4-2-5-10-19)24(20-11-6-3-7-12-20)30-25(29)28-22-16-14-21(27)15-17-22/h2*2-7,9-17,24H,8,18H2,1H3,(H,28,29)/t2*24-,26-/m11/s1. The molecule has 60 heavy (non-hydrogen) atoms. The predicted molar refractivity (Wildman–Crippen MR) is 250 cm³/mol. The third-order valence-electron chi connectivity index (χ3n) is 11.4. The molecule has 2 N–H and O–H groups in total. The van der Waals surface area contributed by atoms with E-state index in [2.05, 4.69) is 92.8 Å². The van der Waals surface area contributed by atoms with Gasteiger partial charge in [-0.25, -0.2) is 9.59 Å². The first-order valence-electron chi connectivity index (χ1n) is 20.2. The van der Waals surface area contributed by atoms with Crippen molar-refractivity contribution in [1.82, 2.24) is 0 Å². The minimum Gasteiger partial charge on any atom is -0.440 e. The highest BCUT2D eigenvalue weighted by Crippen LogP contribution is 2.55. The maximum atomic E-state index is 12.9. The maximum absolute atomic E-state index is 12.9. The van der Waals surface area contributed by atoms with Crippen molar-refractivity contribution in [3.63, 3.8) is 0 Å². The Bertz CT molecular complexity index is 2240. The minimum absolute atomic E-state index is 0.320. The van der Waals surface area contributed by atoms with Gasteiger partial charge in [-0.2, -0.15) is 0 Å². The molecule has 2 aliphatic rings. The molecule has 6 aromatic carbocycles. The fraction of sp³-hybridized carbons (Fsp3) is 0.192. The van der Waals surface area contributed by atoms with Gasteiger partial charge in [-0.3, -0.25) is 10.6 Å². The summed E-state index contributed by atoms with van der Waals surface area (Å²) >= 11 is 6.83. The molecule has 8 rings (SSSR count). The number of nitrogens with one attached hydrogen (secondary N) is 2. The third kappa shape index (κ3) is 10.2. The molecule has 0 aliphatic heterocycles. The van der Waals surface area contributed by atoms with Gasteiger partial charge in [-0.1, -0.05) is 179 Å². The monoisotopic (exact) mass is 922 g/mol. The van der Waals surface area contributed by atoms with Gasteiger partial charge in [0.25, 0.3) is 0 Å². The lowest BCUT2D eigenvalue weighted by molar-refractivity contribution is 0.0483. The van der Waals surface area contributed by atoms with E-state index in [0.717, 1.165) is 45.8 Å². The molecular weight excluding hydrogens is 876 g/mol. The van der Waals surface area contributed by atoms with Gasteiger partial charge >= 0.3 is 12.2 Å². The van der Waals surface area contributed by atoms with Crippen molar-refractivity contribution < 1.29 is 19.1 Å². The summed E-state index contributed by atoms with van der Waals surface area (Å²) in [4.78, 5) is 25.7. The Kier molecular flexibility index (Phi) is 13.8. The van der Waals surface area contributed by atoms with E-state index < -0.39 is 24.4 Å². The first-order valence-corrected chi connectivity index (χ1v) is 21.8. The van der Waals surface area contributed by atoms with Crippen LogP contribution in [0.2, 0.25) is 0 Å². The number of carbonyl (C=O) groups is 2. The second-order valence-corrected chi connectivity index (χ2v) is 17.4. The average Bonchev–Trinajstić information content (AvgIpc) is 3.88. The van der Waals surface area contributed by atoms with Gasteiger partial charge in [-0.15, -0.1) is 0 Å². The van der Waals surface area contributed by atoms with Crippen LogP contribution < -0.4 is 10.6 Å². The lowest BCUT2D eigenvalue weighted by Crippen LogP contribution is -2.30. The number of hydrogen-bond acceptors (Lipinski definition) is 4. The van der Waals surface area contributed by atoms with E-state index in [1.54, 1.807) is 0 Å². The molecule has 4 atom stereocenters. The van der Waals surface area contributed by atoms with Crippen LogP contribution in [0.15, 0.2) is 191 Å². The van der Waals surface area contributed by atoms with E-state index in [-0.39, 0.29) is 10.8 Å². The van der Waals surface area contributed by atoms with E-state index in [0.29, 0.717) is 11.4 Å². The Hall–Kier alpha value is -5.70. The first-order chi connectivity index (χ1) is 29.1. The summed E-state index contributed by atoms with van der Waals surface area (Å²) in [7, 11) is 0. The molecule has 0 radical (unpaired) electrons. The lowest BCUT2D eigenvalue weighted by atomic mass is 9.73. The number of amides is 2. The van der Waals surface area contributed by atoms with Crippen molar-refractivity contribution in [2.75, 3.05) is 10.6 Å². The Morgan fingerprint density at radius 1 is 0.483 bits per heavy atom. The molecule has 0 bridgehead atoms.